The first-order valence-corrected chi connectivity index (χ1v) is 8.64. The highest BCUT2D eigenvalue weighted by atomic mass is 19.1. The molecule has 2 aromatic rings. The largest absolute Gasteiger partial charge is 0.351 e. The molecule has 3 rings (SSSR count). The quantitative estimate of drug-likeness (QED) is 0.846. The second-order valence-corrected chi connectivity index (χ2v) is 6.61. The predicted molar refractivity (Wildman–Crippen MR) is 96.4 cm³/mol. The third-order valence-electron chi connectivity index (χ3n) is 4.82. The van der Waals surface area contributed by atoms with Gasteiger partial charge in [-0.05, 0) is 35.7 Å². The fourth-order valence-corrected chi connectivity index (χ4v) is 3.47. The Bertz CT molecular complexity index is 690. The number of hydrogen-bond donors (Lipinski definition) is 2. The van der Waals surface area contributed by atoms with Gasteiger partial charge in [0.15, 0.2) is 0 Å². The number of nitrogens with zero attached hydrogens (tertiary/aromatic N) is 1. The molecule has 0 bridgehead atoms. The first-order chi connectivity index (χ1) is 12.2. The summed E-state index contributed by atoms with van der Waals surface area (Å²) in [6, 6.07) is 16.5. The maximum Gasteiger partial charge on any atom is 0.234 e. The van der Waals surface area contributed by atoms with Crippen molar-refractivity contribution in [1.29, 1.82) is 0 Å². The van der Waals surface area contributed by atoms with Crippen LogP contribution < -0.4 is 11.1 Å². The average Bonchev–Trinajstić information content (AvgIpc) is 3.05. The summed E-state index contributed by atoms with van der Waals surface area (Å²) in [7, 11) is 0. The summed E-state index contributed by atoms with van der Waals surface area (Å²) in [5, 5.41) is 2.90. The molecule has 0 unspecified atom stereocenters. The molecule has 3 N–H and O–H groups in total. The standard InChI is InChI=1S/C20H24FN3O/c21-18-8-6-15(7-9-18)11-23-20(25)14-24-12-17(10-22)19(13-24)16-4-2-1-3-5-16/h1-9,17,19H,10-14,22H2,(H,23,25)/t17-,19+/m1/s1. The number of nitrogens with two attached hydrogens (primary N) is 1. The maximum atomic E-state index is 12.9. The Labute approximate surface area is 147 Å². The molecule has 132 valence electrons. The third-order valence-corrected chi connectivity index (χ3v) is 4.82. The van der Waals surface area contributed by atoms with Crippen LogP contribution in [-0.2, 0) is 11.3 Å². The molecule has 1 heterocycles. The number of amides is 1. The molecule has 0 saturated carbocycles. The highest BCUT2D eigenvalue weighted by Crippen LogP contribution is 2.31. The number of likely N-dealkylation sites (tertiary alicyclic amines) is 1. The minimum Gasteiger partial charge on any atom is -0.351 e. The highest BCUT2D eigenvalue weighted by molar-refractivity contribution is 5.78. The van der Waals surface area contributed by atoms with Crippen molar-refractivity contribution in [3.63, 3.8) is 0 Å². The summed E-state index contributed by atoms with van der Waals surface area (Å²) in [5.41, 5.74) is 8.12. The Kier molecular flexibility index (Phi) is 5.79. The second-order valence-electron chi connectivity index (χ2n) is 6.61. The van der Waals surface area contributed by atoms with Crippen molar-refractivity contribution in [2.24, 2.45) is 11.7 Å². The van der Waals surface area contributed by atoms with Crippen LogP contribution >= 0.6 is 0 Å². The van der Waals surface area contributed by atoms with Gasteiger partial charge in [-0.1, -0.05) is 42.5 Å². The van der Waals surface area contributed by atoms with Gasteiger partial charge in [0.1, 0.15) is 5.82 Å². The topological polar surface area (TPSA) is 58.4 Å². The molecule has 1 amide bonds. The van der Waals surface area contributed by atoms with Gasteiger partial charge in [0.2, 0.25) is 5.91 Å². The fraction of sp³-hybridized carbons (Fsp3) is 0.350. The third kappa shape index (κ3) is 4.65. The zero-order valence-corrected chi connectivity index (χ0v) is 14.2. The molecule has 5 heteroatoms. The van der Waals surface area contributed by atoms with Gasteiger partial charge in [0, 0.05) is 25.6 Å². The SMILES string of the molecule is NC[C@@H]1CN(CC(=O)NCc2ccc(F)cc2)C[C@H]1c1ccccc1. The Morgan fingerprint density at radius 2 is 1.84 bits per heavy atom. The van der Waals surface area contributed by atoms with E-state index in [-0.39, 0.29) is 11.7 Å². The molecule has 1 saturated heterocycles. The van der Waals surface area contributed by atoms with E-state index >= 15 is 0 Å². The van der Waals surface area contributed by atoms with Gasteiger partial charge in [0.25, 0.3) is 0 Å². The Morgan fingerprint density at radius 1 is 1.12 bits per heavy atom. The van der Waals surface area contributed by atoms with Gasteiger partial charge in [-0.15, -0.1) is 0 Å². The highest BCUT2D eigenvalue weighted by Gasteiger charge is 2.33. The number of hydrogen-bond acceptors (Lipinski definition) is 3. The Balaban J connectivity index is 1.52. The van der Waals surface area contributed by atoms with E-state index in [0.29, 0.717) is 31.5 Å². The van der Waals surface area contributed by atoms with Crippen LogP contribution in [0.1, 0.15) is 17.0 Å². The lowest BCUT2D eigenvalue weighted by atomic mass is 9.89. The van der Waals surface area contributed by atoms with Gasteiger partial charge >= 0.3 is 0 Å². The smallest absolute Gasteiger partial charge is 0.234 e. The van der Waals surface area contributed by atoms with Crippen molar-refractivity contribution in [3.05, 3.63) is 71.5 Å². The molecule has 1 aliphatic heterocycles. The summed E-state index contributed by atoms with van der Waals surface area (Å²) in [4.78, 5) is 14.4. The maximum absolute atomic E-state index is 12.9. The number of rotatable bonds is 6. The van der Waals surface area contributed by atoms with Crippen LogP contribution in [0.4, 0.5) is 4.39 Å². The molecule has 0 aromatic heterocycles. The van der Waals surface area contributed by atoms with E-state index in [1.807, 2.05) is 18.2 Å². The molecule has 0 spiro atoms. The molecular weight excluding hydrogens is 317 g/mol. The van der Waals surface area contributed by atoms with E-state index in [9.17, 15) is 9.18 Å². The predicted octanol–water partition coefficient (Wildman–Crippen LogP) is 2.12. The lowest BCUT2D eigenvalue weighted by Crippen LogP contribution is -2.36. The van der Waals surface area contributed by atoms with Gasteiger partial charge in [-0.25, -0.2) is 4.39 Å². The van der Waals surface area contributed by atoms with Crippen molar-refractivity contribution >= 4 is 5.91 Å². The molecule has 0 radical (unpaired) electrons. The van der Waals surface area contributed by atoms with Crippen LogP contribution in [0.25, 0.3) is 0 Å². The lowest BCUT2D eigenvalue weighted by Gasteiger charge is -2.16. The first-order valence-electron chi connectivity index (χ1n) is 8.64. The molecule has 25 heavy (non-hydrogen) atoms. The van der Waals surface area contributed by atoms with Crippen molar-refractivity contribution in [3.8, 4) is 0 Å². The minimum atomic E-state index is -0.271. The van der Waals surface area contributed by atoms with Crippen LogP contribution in [0.15, 0.2) is 54.6 Å². The normalized spacial score (nSPS) is 20.6. The van der Waals surface area contributed by atoms with Crippen molar-refractivity contribution < 1.29 is 9.18 Å². The second kappa shape index (κ2) is 8.23. The van der Waals surface area contributed by atoms with Crippen molar-refractivity contribution in [2.45, 2.75) is 12.5 Å². The van der Waals surface area contributed by atoms with Gasteiger partial charge < -0.3 is 11.1 Å². The number of nitrogens with one attached hydrogen (secondary N) is 1. The number of carbonyl (C=O) groups excluding carboxylic acids is 1. The van der Waals surface area contributed by atoms with Crippen LogP contribution in [0.3, 0.4) is 0 Å². The van der Waals surface area contributed by atoms with Crippen LogP contribution in [0.2, 0.25) is 0 Å². The Morgan fingerprint density at radius 3 is 2.52 bits per heavy atom. The molecule has 1 aliphatic rings. The van der Waals surface area contributed by atoms with E-state index in [1.165, 1.54) is 17.7 Å². The lowest BCUT2D eigenvalue weighted by molar-refractivity contribution is -0.122. The van der Waals surface area contributed by atoms with E-state index in [0.717, 1.165) is 18.7 Å². The van der Waals surface area contributed by atoms with Gasteiger partial charge in [-0.3, -0.25) is 9.69 Å². The van der Waals surface area contributed by atoms with Gasteiger partial charge in [0.05, 0.1) is 6.54 Å². The fourth-order valence-electron chi connectivity index (χ4n) is 3.47. The summed E-state index contributed by atoms with van der Waals surface area (Å²) in [5.74, 6) is 0.448. The van der Waals surface area contributed by atoms with E-state index in [1.54, 1.807) is 12.1 Å². The first kappa shape index (κ1) is 17.6. The van der Waals surface area contributed by atoms with E-state index in [2.05, 4.69) is 22.3 Å². The molecule has 0 aliphatic carbocycles. The molecule has 2 aromatic carbocycles. The molecule has 2 atom stereocenters. The molecule has 1 fully saturated rings. The van der Waals surface area contributed by atoms with E-state index in [4.69, 9.17) is 5.73 Å². The van der Waals surface area contributed by atoms with Crippen LogP contribution in [0.5, 0.6) is 0 Å². The monoisotopic (exact) mass is 341 g/mol. The summed E-state index contributed by atoms with van der Waals surface area (Å²) < 4.78 is 12.9. The Hall–Kier alpha value is -2.24. The van der Waals surface area contributed by atoms with Gasteiger partial charge in [-0.2, -0.15) is 0 Å². The molecular formula is C20H24FN3O. The summed E-state index contributed by atoms with van der Waals surface area (Å²) in [6.07, 6.45) is 0. The van der Waals surface area contributed by atoms with Crippen LogP contribution in [-0.4, -0.2) is 37.0 Å². The number of carbonyl (C=O) groups is 1. The summed E-state index contributed by atoms with van der Waals surface area (Å²) >= 11 is 0. The molecule has 4 nitrogen and oxygen atoms in total. The minimum absolute atomic E-state index is 0.0196. The number of benzene rings is 2. The van der Waals surface area contributed by atoms with Crippen molar-refractivity contribution in [1.82, 2.24) is 10.2 Å². The zero-order valence-electron chi connectivity index (χ0n) is 14.2. The number of halogens is 1. The summed E-state index contributed by atoms with van der Waals surface area (Å²) in [6.45, 7) is 3.07. The van der Waals surface area contributed by atoms with E-state index < -0.39 is 0 Å². The average molecular weight is 341 g/mol. The van der Waals surface area contributed by atoms with Crippen LogP contribution in [0, 0.1) is 11.7 Å². The van der Waals surface area contributed by atoms with Crippen molar-refractivity contribution in [2.75, 3.05) is 26.2 Å². The zero-order chi connectivity index (χ0) is 17.6.